The lowest BCUT2D eigenvalue weighted by atomic mass is 10.0. The number of carboxylic acids is 2. The van der Waals surface area contributed by atoms with Crippen molar-refractivity contribution in [2.75, 3.05) is 13.2 Å². The molecule has 4 rings (SSSR count). The molecular formula is C35H37NO7. The molecule has 0 saturated heterocycles. The van der Waals surface area contributed by atoms with Crippen molar-refractivity contribution >= 4 is 40.8 Å². The van der Waals surface area contributed by atoms with E-state index in [2.05, 4.69) is 0 Å². The first-order chi connectivity index (χ1) is 20.9. The van der Waals surface area contributed by atoms with Crippen molar-refractivity contribution in [3.8, 4) is 11.5 Å². The number of aryl methyl sites for hydroxylation is 1. The second-order valence-corrected chi connectivity index (χ2v) is 10.2. The first-order valence-corrected chi connectivity index (χ1v) is 14.6. The fourth-order valence-corrected chi connectivity index (χ4v) is 4.94. The van der Waals surface area contributed by atoms with Gasteiger partial charge in [0.2, 0.25) is 0 Å². The van der Waals surface area contributed by atoms with Gasteiger partial charge >= 0.3 is 11.9 Å². The lowest BCUT2D eigenvalue weighted by molar-refractivity contribution is -0.137. The summed E-state index contributed by atoms with van der Waals surface area (Å²) in [7, 11) is 0. The number of fused-ring (bicyclic) bond motifs is 1. The van der Waals surface area contributed by atoms with Crippen molar-refractivity contribution in [2.24, 2.45) is 0 Å². The van der Waals surface area contributed by atoms with Crippen molar-refractivity contribution in [3.63, 3.8) is 0 Å². The number of Topliss-reactive ketones (excluding diaryl/α,β-unsaturated/α-hetero) is 1. The number of nitrogens with zero attached hydrogens (tertiary/aromatic N) is 1. The van der Waals surface area contributed by atoms with E-state index < -0.39 is 11.9 Å². The smallest absolute Gasteiger partial charge is 0.307 e. The van der Waals surface area contributed by atoms with Crippen LogP contribution < -0.4 is 9.47 Å². The molecule has 0 bridgehead atoms. The third-order valence-corrected chi connectivity index (χ3v) is 7.06. The Balaban J connectivity index is 1.32. The number of carboxylic acid groups (broad SMARTS) is 2. The summed E-state index contributed by atoms with van der Waals surface area (Å²) in [6.07, 6.45) is 8.22. The zero-order chi connectivity index (χ0) is 30.6. The van der Waals surface area contributed by atoms with Crippen LogP contribution in [0.15, 0.2) is 72.9 Å². The Bertz CT molecular complexity index is 1580. The molecular weight excluding hydrogens is 546 g/mol. The van der Waals surface area contributed by atoms with Crippen molar-refractivity contribution in [3.05, 3.63) is 95.2 Å². The Morgan fingerprint density at radius 1 is 0.814 bits per heavy atom. The van der Waals surface area contributed by atoms with Crippen molar-refractivity contribution in [1.29, 1.82) is 0 Å². The number of para-hydroxylation sites is 1. The topological polar surface area (TPSA) is 115 Å². The van der Waals surface area contributed by atoms with Gasteiger partial charge in [-0.25, -0.2) is 0 Å². The van der Waals surface area contributed by atoms with Crippen LogP contribution in [0.4, 0.5) is 0 Å². The van der Waals surface area contributed by atoms with Crippen LogP contribution in [0.2, 0.25) is 0 Å². The summed E-state index contributed by atoms with van der Waals surface area (Å²) in [5.74, 6) is -0.305. The van der Waals surface area contributed by atoms with E-state index in [1.807, 2.05) is 90.5 Å². The molecule has 0 radical (unpaired) electrons. The molecule has 0 unspecified atom stereocenters. The molecule has 0 aliphatic rings. The average Bonchev–Trinajstić information content (AvgIpc) is 3.35. The lowest BCUT2D eigenvalue weighted by Crippen LogP contribution is -2.06. The molecule has 4 aromatic rings. The summed E-state index contributed by atoms with van der Waals surface area (Å²) in [5.41, 5.74) is 4.08. The largest absolute Gasteiger partial charge is 0.494 e. The summed E-state index contributed by atoms with van der Waals surface area (Å²) < 4.78 is 13.7. The Hall–Kier alpha value is -4.85. The molecule has 0 aliphatic heterocycles. The highest BCUT2D eigenvalue weighted by atomic mass is 16.5. The zero-order valence-electron chi connectivity index (χ0n) is 24.3. The number of aliphatic carboxylic acids is 2. The number of hydrogen-bond donors (Lipinski definition) is 2. The molecule has 0 spiro atoms. The Labute approximate surface area is 251 Å². The van der Waals surface area contributed by atoms with Crippen molar-refractivity contribution in [1.82, 2.24) is 4.57 Å². The molecule has 43 heavy (non-hydrogen) atoms. The summed E-state index contributed by atoms with van der Waals surface area (Å²) in [4.78, 5) is 34.6. The maximum absolute atomic E-state index is 12.1. The van der Waals surface area contributed by atoms with Gasteiger partial charge in [-0.2, -0.15) is 0 Å². The van der Waals surface area contributed by atoms with E-state index in [1.54, 1.807) is 6.07 Å². The SMILES string of the molecule is CCC(=O)c1ccccc1OCCCCOc1ccc(/C=C/c2cccc3c2c(CC(=O)O)cn3CCCC(=O)O)cc1. The standard InChI is InChI=1S/C35H37NO7/c1-2-31(37)29-10-3-4-12-32(29)43-22-6-5-21-42-28-18-15-25(16-19-28)14-17-26-9-7-11-30-35(26)27(23-34(40)41)24-36(30)20-8-13-33(38)39/h3-4,7,9-12,14-19,24H,2,5-6,8,13,20-23H2,1H3,(H,38,39)(H,40,41)/b17-14+. The normalized spacial score (nSPS) is 11.2. The van der Waals surface area contributed by atoms with Crippen molar-refractivity contribution in [2.45, 2.75) is 52.0 Å². The highest BCUT2D eigenvalue weighted by Gasteiger charge is 2.14. The maximum atomic E-state index is 12.1. The van der Waals surface area contributed by atoms with Gasteiger partial charge in [0.15, 0.2) is 5.78 Å². The third kappa shape index (κ3) is 8.82. The molecule has 1 heterocycles. The lowest BCUT2D eigenvalue weighted by Gasteiger charge is -2.10. The minimum atomic E-state index is -0.916. The Morgan fingerprint density at radius 2 is 1.56 bits per heavy atom. The number of ether oxygens (including phenoxy) is 2. The van der Waals surface area contributed by atoms with Gasteiger partial charge in [-0.1, -0.05) is 55.5 Å². The van der Waals surface area contributed by atoms with E-state index in [0.29, 0.717) is 49.5 Å². The number of carbonyl (C=O) groups excluding carboxylic acids is 1. The summed E-state index contributed by atoms with van der Waals surface area (Å²) in [5, 5.41) is 19.3. The summed E-state index contributed by atoms with van der Waals surface area (Å²) in [6, 6.07) is 20.9. The number of carbonyl (C=O) groups is 3. The highest BCUT2D eigenvalue weighted by molar-refractivity contribution is 5.98. The van der Waals surface area contributed by atoms with Gasteiger partial charge in [-0.3, -0.25) is 14.4 Å². The van der Waals surface area contributed by atoms with Gasteiger partial charge in [0, 0.05) is 36.5 Å². The van der Waals surface area contributed by atoms with Crippen LogP contribution in [0, 0.1) is 0 Å². The highest BCUT2D eigenvalue weighted by Crippen LogP contribution is 2.28. The van der Waals surface area contributed by atoms with Gasteiger partial charge in [-0.05, 0) is 66.3 Å². The van der Waals surface area contributed by atoms with Gasteiger partial charge in [0.1, 0.15) is 11.5 Å². The monoisotopic (exact) mass is 583 g/mol. The molecule has 0 saturated carbocycles. The van der Waals surface area contributed by atoms with Gasteiger partial charge in [0.05, 0.1) is 25.2 Å². The molecule has 3 aromatic carbocycles. The van der Waals surface area contributed by atoms with Crippen LogP contribution in [-0.4, -0.2) is 45.7 Å². The maximum Gasteiger partial charge on any atom is 0.307 e. The fraction of sp³-hybridized carbons (Fsp3) is 0.286. The van der Waals surface area contributed by atoms with Crippen LogP contribution in [0.3, 0.4) is 0 Å². The van der Waals surface area contributed by atoms with Crippen LogP contribution in [0.5, 0.6) is 11.5 Å². The van der Waals surface area contributed by atoms with Crippen molar-refractivity contribution < 1.29 is 34.1 Å². The molecule has 2 N–H and O–H groups in total. The molecule has 8 nitrogen and oxygen atoms in total. The summed E-state index contributed by atoms with van der Waals surface area (Å²) in [6.45, 7) is 3.39. The van der Waals surface area contributed by atoms with E-state index in [4.69, 9.17) is 14.6 Å². The second kappa shape index (κ2) is 15.4. The number of benzene rings is 3. The van der Waals surface area contributed by atoms with Crippen LogP contribution in [-0.2, 0) is 22.6 Å². The molecule has 0 atom stereocenters. The van der Waals surface area contributed by atoms with E-state index >= 15 is 0 Å². The average molecular weight is 584 g/mol. The zero-order valence-corrected chi connectivity index (χ0v) is 24.3. The third-order valence-electron chi connectivity index (χ3n) is 7.06. The van der Waals surface area contributed by atoms with E-state index in [-0.39, 0.29) is 18.6 Å². The predicted molar refractivity (Wildman–Crippen MR) is 167 cm³/mol. The van der Waals surface area contributed by atoms with Crippen LogP contribution in [0.25, 0.3) is 23.1 Å². The van der Waals surface area contributed by atoms with Crippen LogP contribution >= 0.6 is 0 Å². The molecule has 1 aromatic heterocycles. The number of aromatic nitrogens is 1. The van der Waals surface area contributed by atoms with Gasteiger partial charge < -0.3 is 24.3 Å². The fourth-order valence-electron chi connectivity index (χ4n) is 4.94. The molecule has 224 valence electrons. The van der Waals surface area contributed by atoms with Gasteiger partial charge in [0.25, 0.3) is 0 Å². The predicted octanol–water partition coefficient (Wildman–Crippen LogP) is 7.13. The Morgan fingerprint density at radius 3 is 2.28 bits per heavy atom. The summed E-state index contributed by atoms with van der Waals surface area (Å²) >= 11 is 0. The van der Waals surface area contributed by atoms with Gasteiger partial charge in [-0.15, -0.1) is 0 Å². The second-order valence-electron chi connectivity index (χ2n) is 10.2. The van der Waals surface area contributed by atoms with E-state index in [0.717, 1.165) is 40.6 Å². The molecule has 0 aliphatic carbocycles. The first-order valence-electron chi connectivity index (χ1n) is 14.6. The first kappa shape index (κ1) is 31.1. The minimum Gasteiger partial charge on any atom is -0.494 e. The number of ketones is 1. The van der Waals surface area contributed by atoms with Crippen LogP contribution in [0.1, 0.15) is 66.1 Å². The Kier molecular flexibility index (Phi) is 11.1. The quantitative estimate of drug-likeness (QED) is 0.0772. The van der Waals surface area contributed by atoms with E-state index in [1.165, 1.54) is 0 Å². The minimum absolute atomic E-state index is 0.0545. The van der Waals surface area contributed by atoms with E-state index in [9.17, 15) is 19.5 Å². The number of hydrogen-bond acceptors (Lipinski definition) is 5. The number of unbranched alkanes of at least 4 members (excludes halogenated alkanes) is 1. The molecule has 0 amide bonds. The molecule has 8 heteroatoms. The number of rotatable bonds is 17. The molecule has 0 fully saturated rings.